The minimum Gasteiger partial charge on any atom is -0.444 e. The minimum atomic E-state index is -0.630. The van der Waals surface area contributed by atoms with Crippen LogP contribution >= 0.6 is 0 Å². The van der Waals surface area contributed by atoms with Crippen LogP contribution in [0, 0.1) is 0 Å². The zero-order valence-electron chi connectivity index (χ0n) is 12.4. The predicted molar refractivity (Wildman–Crippen MR) is 67.6 cm³/mol. The Kier molecular flexibility index (Phi) is 5.76. The van der Waals surface area contributed by atoms with E-state index in [1.54, 1.807) is 34.9 Å². The van der Waals surface area contributed by atoms with Crippen LogP contribution in [0.15, 0.2) is 0 Å². The number of likely N-dealkylation sites (N-methyl/N-ethyl adjacent to an activating group) is 1. The molecule has 0 unspecified atom stereocenters. The van der Waals surface area contributed by atoms with Gasteiger partial charge in [-0.05, 0) is 27.2 Å². The highest BCUT2D eigenvalue weighted by Gasteiger charge is 2.36. The van der Waals surface area contributed by atoms with Gasteiger partial charge in [0.2, 0.25) is 0 Å². The first kappa shape index (κ1) is 16.9. The number of amides is 2. The predicted octanol–water partition coefficient (Wildman–Crippen LogP) is 1.45. The molecule has 0 heterocycles. The highest BCUT2D eigenvalue weighted by Crippen LogP contribution is 2.09. The average molecular weight is 261 g/mol. The second-order valence-corrected chi connectivity index (χ2v) is 5.48. The Labute approximate surface area is 109 Å². The highest BCUT2D eigenvalue weighted by molar-refractivity contribution is 5.80. The number of hydroxylamine groups is 3. The van der Waals surface area contributed by atoms with Gasteiger partial charge in [0.25, 0.3) is 0 Å². The average Bonchev–Trinajstić information content (AvgIpc) is 2.22. The van der Waals surface area contributed by atoms with E-state index in [2.05, 4.69) is 5.32 Å². The third-order valence-corrected chi connectivity index (χ3v) is 2.38. The van der Waals surface area contributed by atoms with Crippen LogP contribution in [-0.4, -0.2) is 49.5 Å². The Balaban J connectivity index is 4.63. The van der Waals surface area contributed by atoms with Gasteiger partial charge in [0.1, 0.15) is 19.7 Å². The summed E-state index contributed by atoms with van der Waals surface area (Å²) in [5.74, 6) is -0.231. The van der Waals surface area contributed by atoms with E-state index in [9.17, 15) is 9.59 Å². The largest absolute Gasteiger partial charge is 0.444 e. The van der Waals surface area contributed by atoms with Gasteiger partial charge in [0.15, 0.2) is 6.04 Å². The van der Waals surface area contributed by atoms with E-state index in [0.717, 1.165) is 0 Å². The molecule has 0 aromatic rings. The van der Waals surface area contributed by atoms with Crippen molar-refractivity contribution >= 4 is 12.0 Å². The quantitative estimate of drug-likeness (QED) is 0.614. The first-order valence-corrected chi connectivity index (χ1v) is 5.97. The van der Waals surface area contributed by atoms with Gasteiger partial charge in [-0.15, -0.1) is 4.65 Å². The molecule has 2 amide bonds. The molecular formula is C12H25N2O4+. The summed E-state index contributed by atoms with van der Waals surface area (Å²) in [6.07, 6.45) is -0.123. The van der Waals surface area contributed by atoms with Crippen molar-refractivity contribution in [2.24, 2.45) is 0 Å². The molecule has 18 heavy (non-hydrogen) atoms. The molecule has 0 saturated heterocycles. The molecule has 0 saturated carbocycles. The maximum atomic E-state index is 12.1. The molecule has 0 spiro atoms. The fourth-order valence-corrected chi connectivity index (χ4v) is 1.25. The summed E-state index contributed by atoms with van der Waals surface area (Å²) in [5.41, 5.74) is -0.586. The summed E-state index contributed by atoms with van der Waals surface area (Å²) in [7, 11) is 4.67. The van der Waals surface area contributed by atoms with Crippen LogP contribution in [0.3, 0.4) is 0 Å². The number of nitrogens with one attached hydrogen (secondary N) is 1. The van der Waals surface area contributed by atoms with Gasteiger partial charge in [0, 0.05) is 0 Å². The summed E-state index contributed by atoms with van der Waals surface area (Å²) >= 11 is 0. The number of hydrogen-bond acceptors (Lipinski definition) is 4. The van der Waals surface area contributed by atoms with Crippen LogP contribution in [0.2, 0.25) is 0 Å². The smallest absolute Gasteiger partial charge is 0.408 e. The van der Waals surface area contributed by atoms with Crippen LogP contribution in [-0.2, 0) is 14.4 Å². The summed E-state index contributed by atoms with van der Waals surface area (Å²) in [4.78, 5) is 28.8. The molecule has 0 aliphatic rings. The van der Waals surface area contributed by atoms with Gasteiger partial charge in [-0.25, -0.2) is 9.59 Å². The molecule has 0 bridgehead atoms. The molecule has 6 heteroatoms. The van der Waals surface area contributed by atoms with Crippen molar-refractivity contribution in [2.45, 2.75) is 45.8 Å². The van der Waals surface area contributed by atoms with E-state index in [0.29, 0.717) is 6.42 Å². The maximum absolute atomic E-state index is 12.1. The van der Waals surface area contributed by atoms with E-state index in [-0.39, 0.29) is 10.6 Å². The molecular weight excluding hydrogens is 236 g/mol. The first-order chi connectivity index (χ1) is 8.03. The molecule has 0 radical (unpaired) electrons. The maximum Gasteiger partial charge on any atom is 0.408 e. The lowest BCUT2D eigenvalue weighted by atomic mass is 10.2. The second kappa shape index (κ2) is 6.15. The van der Waals surface area contributed by atoms with Crippen molar-refractivity contribution in [3.8, 4) is 0 Å². The number of ether oxygens (including phenoxy) is 1. The summed E-state index contributed by atoms with van der Waals surface area (Å²) in [6, 6.07) is -0.630. The van der Waals surface area contributed by atoms with Crippen molar-refractivity contribution in [3.63, 3.8) is 0 Å². The standard InChI is InChI=1S/C12H24N2O4/c1-8-9(10(15)14(5,6)17-7)13-11(16)18-12(2,3)4/h9H,8H2,1-7H3/p+1/t9-/m0/s1. The van der Waals surface area contributed by atoms with Gasteiger partial charge in [-0.2, -0.15) is 4.84 Å². The minimum absolute atomic E-state index is 0.231. The lowest BCUT2D eigenvalue weighted by molar-refractivity contribution is -1.01. The van der Waals surface area contributed by atoms with E-state index < -0.39 is 17.7 Å². The molecule has 106 valence electrons. The van der Waals surface area contributed by atoms with E-state index in [1.165, 1.54) is 7.11 Å². The fourth-order valence-electron chi connectivity index (χ4n) is 1.25. The monoisotopic (exact) mass is 261 g/mol. The molecule has 1 atom stereocenters. The molecule has 6 nitrogen and oxygen atoms in total. The lowest BCUT2D eigenvalue weighted by Gasteiger charge is -2.27. The summed E-state index contributed by atoms with van der Waals surface area (Å²) < 4.78 is 4.86. The van der Waals surface area contributed by atoms with Crippen LogP contribution in [0.25, 0.3) is 0 Å². The van der Waals surface area contributed by atoms with Gasteiger partial charge in [-0.3, -0.25) is 0 Å². The zero-order valence-corrected chi connectivity index (χ0v) is 12.4. The van der Waals surface area contributed by atoms with Gasteiger partial charge >= 0.3 is 12.0 Å². The van der Waals surface area contributed by atoms with Crippen molar-refractivity contribution in [1.29, 1.82) is 0 Å². The summed E-state index contributed by atoms with van der Waals surface area (Å²) in [6.45, 7) is 7.12. The number of hydrogen-bond donors (Lipinski definition) is 1. The number of carbonyl (C=O) groups excluding carboxylic acids is 2. The van der Waals surface area contributed by atoms with Crippen LogP contribution in [0.4, 0.5) is 4.79 Å². The summed E-state index contributed by atoms with van der Waals surface area (Å²) in [5, 5.41) is 2.56. The van der Waals surface area contributed by atoms with E-state index >= 15 is 0 Å². The SMILES string of the molecule is CC[C@H](NC(=O)OC(C)(C)C)C(=O)[N+](C)(C)OC. The molecule has 0 fully saturated rings. The highest BCUT2D eigenvalue weighted by atomic mass is 16.7. The van der Waals surface area contributed by atoms with Gasteiger partial charge in [-0.1, -0.05) is 6.92 Å². The first-order valence-electron chi connectivity index (χ1n) is 5.97. The number of alkyl carbamates (subject to hydrolysis) is 1. The molecule has 0 aromatic carbocycles. The molecule has 0 rings (SSSR count). The number of carbonyl (C=O) groups is 2. The number of quaternary nitrogens is 1. The van der Waals surface area contributed by atoms with Crippen molar-refractivity contribution < 1.29 is 23.8 Å². The Hall–Kier alpha value is -1.14. The third kappa shape index (κ3) is 5.46. The van der Waals surface area contributed by atoms with Crippen molar-refractivity contribution in [3.05, 3.63) is 0 Å². The van der Waals surface area contributed by atoms with E-state index in [1.807, 2.05) is 6.92 Å². The van der Waals surface area contributed by atoms with Crippen LogP contribution < -0.4 is 5.32 Å². The normalized spacial score (nSPS) is 13.9. The molecule has 0 aliphatic heterocycles. The topological polar surface area (TPSA) is 64.6 Å². The zero-order chi connectivity index (χ0) is 14.6. The Morgan fingerprint density at radius 1 is 1.28 bits per heavy atom. The Morgan fingerprint density at radius 2 is 1.78 bits per heavy atom. The number of rotatable bonds is 4. The Morgan fingerprint density at radius 3 is 2.11 bits per heavy atom. The number of nitrogens with zero attached hydrogens (tertiary/aromatic N) is 1. The molecule has 0 aromatic heterocycles. The van der Waals surface area contributed by atoms with Gasteiger partial charge < -0.3 is 10.1 Å². The Bertz CT molecular complexity index is 308. The van der Waals surface area contributed by atoms with E-state index in [4.69, 9.17) is 9.57 Å². The third-order valence-electron chi connectivity index (χ3n) is 2.38. The molecule has 1 N–H and O–H groups in total. The van der Waals surface area contributed by atoms with Crippen molar-refractivity contribution in [2.75, 3.05) is 21.2 Å². The van der Waals surface area contributed by atoms with Crippen molar-refractivity contribution in [1.82, 2.24) is 5.32 Å². The fraction of sp³-hybridized carbons (Fsp3) is 0.833. The van der Waals surface area contributed by atoms with Crippen LogP contribution in [0.5, 0.6) is 0 Å². The lowest BCUT2D eigenvalue weighted by Crippen LogP contribution is -2.55. The molecule has 0 aliphatic carbocycles. The van der Waals surface area contributed by atoms with Gasteiger partial charge in [0.05, 0.1) is 7.11 Å². The second-order valence-electron chi connectivity index (χ2n) is 5.48. The van der Waals surface area contributed by atoms with Crippen LogP contribution in [0.1, 0.15) is 34.1 Å².